The Morgan fingerprint density at radius 1 is 1.57 bits per heavy atom. The Hall–Kier alpha value is -2.02. The standard InChI is InChI=1S/C10H10N4/c1-2-9-8-4-3-7(12)5-10(8)14(6-11)13-9/h3-5H,2,12H2,1H3. The van der Waals surface area contributed by atoms with E-state index in [0.717, 1.165) is 23.0 Å². The highest BCUT2D eigenvalue weighted by atomic mass is 15.3. The molecule has 0 bridgehead atoms. The van der Waals surface area contributed by atoms with Gasteiger partial charge in [0.1, 0.15) is 0 Å². The van der Waals surface area contributed by atoms with Crippen molar-refractivity contribution < 1.29 is 0 Å². The molecule has 0 saturated heterocycles. The van der Waals surface area contributed by atoms with E-state index in [2.05, 4.69) is 5.10 Å². The maximum absolute atomic E-state index is 8.85. The summed E-state index contributed by atoms with van der Waals surface area (Å²) in [4.78, 5) is 0. The molecule has 4 nitrogen and oxygen atoms in total. The summed E-state index contributed by atoms with van der Waals surface area (Å²) in [5.74, 6) is 0. The summed E-state index contributed by atoms with van der Waals surface area (Å²) in [5.41, 5.74) is 8.01. The highest BCUT2D eigenvalue weighted by Crippen LogP contribution is 2.20. The molecule has 0 saturated carbocycles. The molecule has 0 aliphatic carbocycles. The van der Waals surface area contributed by atoms with Crippen molar-refractivity contribution in [2.24, 2.45) is 0 Å². The molecule has 14 heavy (non-hydrogen) atoms. The Balaban J connectivity index is 2.84. The van der Waals surface area contributed by atoms with Gasteiger partial charge in [0.2, 0.25) is 6.19 Å². The maximum atomic E-state index is 8.85. The lowest BCUT2D eigenvalue weighted by atomic mass is 10.1. The fourth-order valence-electron chi connectivity index (χ4n) is 1.53. The summed E-state index contributed by atoms with van der Waals surface area (Å²) >= 11 is 0. The minimum Gasteiger partial charge on any atom is -0.399 e. The largest absolute Gasteiger partial charge is 0.399 e. The van der Waals surface area contributed by atoms with E-state index in [-0.39, 0.29) is 0 Å². The van der Waals surface area contributed by atoms with E-state index >= 15 is 0 Å². The number of anilines is 1. The molecule has 1 aromatic heterocycles. The van der Waals surface area contributed by atoms with Crippen LogP contribution in [0.5, 0.6) is 0 Å². The summed E-state index contributed by atoms with van der Waals surface area (Å²) in [6, 6.07) is 5.50. The minimum atomic E-state index is 0.650. The van der Waals surface area contributed by atoms with Crippen molar-refractivity contribution in [2.75, 3.05) is 5.73 Å². The van der Waals surface area contributed by atoms with Crippen LogP contribution in [0.4, 0.5) is 5.69 Å². The van der Waals surface area contributed by atoms with Crippen LogP contribution in [0.1, 0.15) is 12.6 Å². The van der Waals surface area contributed by atoms with Gasteiger partial charge in [0, 0.05) is 11.1 Å². The average molecular weight is 186 g/mol. The molecular weight excluding hydrogens is 176 g/mol. The lowest BCUT2D eigenvalue weighted by Gasteiger charge is -1.94. The number of aromatic nitrogens is 2. The first-order valence-electron chi connectivity index (χ1n) is 4.43. The smallest absolute Gasteiger partial charge is 0.206 e. The third-order valence-electron chi connectivity index (χ3n) is 2.21. The van der Waals surface area contributed by atoms with Crippen LogP contribution in [-0.2, 0) is 6.42 Å². The molecule has 1 aromatic carbocycles. The topological polar surface area (TPSA) is 67.6 Å². The third-order valence-corrected chi connectivity index (χ3v) is 2.21. The number of hydrogen-bond donors (Lipinski definition) is 1. The third kappa shape index (κ3) is 1.11. The quantitative estimate of drug-likeness (QED) is 0.686. The molecule has 2 aromatic rings. The predicted molar refractivity (Wildman–Crippen MR) is 54.5 cm³/mol. The Bertz CT molecular complexity index is 519. The molecular formula is C10H10N4. The monoisotopic (exact) mass is 186 g/mol. The number of nitriles is 1. The van der Waals surface area contributed by atoms with E-state index in [1.54, 1.807) is 6.07 Å². The first-order chi connectivity index (χ1) is 6.76. The van der Waals surface area contributed by atoms with E-state index in [9.17, 15) is 0 Å². The Kier molecular flexibility index (Phi) is 1.86. The van der Waals surface area contributed by atoms with E-state index < -0.39 is 0 Å². The lowest BCUT2D eigenvalue weighted by Crippen LogP contribution is -1.91. The minimum absolute atomic E-state index is 0.650. The summed E-state index contributed by atoms with van der Waals surface area (Å²) in [7, 11) is 0. The maximum Gasteiger partial charge on any atom is 0.206 e. The van der Waals surface area contributed by atoms with Crippen LogP contribution in [0.3, 0.4) is 0 Å². The summed E-state index contributed by atoms with van der Waals surface area (Å²) in [6.45, 7) is 2.01. The second kappa shape index (κ2) is 3.04. The van der Waals surface area contributed by atoms with Crippen molar-refractivity contribution >= 4 is 16.6 Å². The highest BCUT2D eigenvalue weighted by Gasteiger charge is 2.08. The van der Waals surface area contributed by atoms with Crippen molar-refractivity contribution in [3.05, 3.63) is 23.9 Å². The first-order valence-corrected chi connectivity index (χ1v) is 4.43. The van der Waals surface area contributed by atoms with Gasteiger partial charge in [-0.2, -0.15) is 15.0 Å². The highest BCUT2D eigenvalue weighted by molar-refractivity contribution is 5.85. The van der Waals surface area contributed by atoms with Gasteiger partial charge in [-0.05, 0) is 24.6 Å². The zero-order chi connectivity index (χ0) is 10.1. The van der Waals surface area contributed by atoms with E-state index in [1.807, 2.05) is 25.2 Å². The normalized spacial score (nSPS) is 10.3. The number of hydrogen-bond acceptors (Lipinski definition) is 3. The number of nitrogens with zero attached hydrogens (tertiary/aromatic N) is 3. The SMILES string of the molecule is CCc1nn(C#N)c2cc(N)ccc12. The number of benzene rings is 1. The van der Waals surface area contributed by atoms with Gasteiger partial charge in [-0.25, -0.2) is 0 Å². The van der Waals surface area contributed by atoms with Gasteiger partial charge in [0.25, 0.3) is 0 Å². The van der Waals surface area contributed by atoms with Crippen LogP contribution in [0, 0.1) is 11.5 Å². The summed E-state index contributed by atoms with van der Waals surface area (Å²) in [6.07, 6.45) is 2.82. The number of rotatable bonds is 1. The Morgan fingerprint density at radius 2 is 2.36 bits per heavy atom. The van der Waals surface area contributed by atoms with E-state index in [4.69, 9.17) is 11.0 Å². The van der Waals surface area contributed by atoms with E-state index in [0.29, 0.717) is 5.69 Å². The molecule has 0 fully saturated rings. The van der Waals surface area contributed by atoms with Gasteiger partial charge in [-0.1, -0.05) is 6.92 Å². The van der Waals surface area contributed by atoms with Crippen LogP contribution in [0.2, 0.25) is 0 Å². The van der Waals surface area contributed by atoms with Gasteiger partial charge in [0.05, 0.1) is 11.2 Å². The number of fused-ring (bicyclic) bond motifs is 1. The molecule has 4 heteroatoms. The fourth-order valence-corrected chi connectivity index (χ4v) is 1.53. The average Bonchev–Trinajstić information content (AvgIpc) is 2.55. The number of nitrogen functional groups attached to an aromatic ring is 1. The molecule has 0 unspecified atom stereocenters. The van der Waals surface area contributed by atoms with Crippen molar-refractivity contribution in [3.63, 3.8) is 0 Å². The van der Waals surface area contributed by atoms with Gasteiger partial charge in [-0.15, -0.1) is 0 Å². The van der Waals surface area contributed by atoms with Gasteiger partial charge in [-0.3, -0.25) is 0 Å². The number of aryl methyl sites for hydroxylation is 1. The molecule has 0 aliphatic heterocycles. The second-order valence-electron chi connectivity index (χ2n) is 3.09. The zero-order valence-corrected chi connectivity index (χ0v) is 7.86. The van der Waals surface area contributed by atoms with Gasteiger partial charge >= 0.3 is 0 Å². The first kappa shape index (κ1) is 8.57. The Morgan fingerprint density at radius 3 is 3.00 bits per heavy atom. The lowest BCUT2D eigenvalue weighted by molar-refractivity contribution is 0.876. The summed E-state index contributed by atoms with van der Waals surface area (Å²) in [5, 5.41) is 14.0. The van der Waals surface area contributed by atoms with Crippen LogP contribution in [-0.4, -0.2) is 9.78 Å². The number of nitrogens with two attached hydrogens (primary N) is 1. The molecule has 0 spiro atoms. The van der Waals surface area contributed by atoms with Crippen LogP contribution in [0.15, 0.2) is 18.2 Å². The van der Waals surface area contributed by atoms with Crippen molar-refractivity contribution in [1.29, 1.82) is 5.26 Å². The second-order valence-corrected chi connectivity index (χ2v) is 3.09. The molecule has 2 rings (SSSR count). The summed E-state index contributed by atoms with van der Waals surface area (Å²) < 4.78 is 1.31. The van der Waals surface area contributed by atoms with Gasteiger partial charge < -0.3 is 5.73 Å². The van der Waals surface area contributed by atoms with Crippen LogP contribution < -0.4 is 5.73 Å². The van der Waals surface area contributed by atoms with Crippen molar-refractivity contribution in [2.45, 2.75) is 13.3 Å². The predicted octanol–water partition coefficient (Wildman–Crippen LogP) is 1.51. The van der Waals surface area contributed by atoms with Crippen molar-refractivity contribution in [1.82, 2.24) is 9.78 Å². The molecule has 2 N–H and O–H groups in total. The van der Waals surface area contributed by atoms with Gasteiger partial charge in [0.15, 0.2) is 0 Å². The van der Waals surface area contributed by atoms with Crippen LogP contribution in [0.25, 0.3) is 10.9 Å². The fraction of sp³-hybridized carbons (Fsp3) is 0.200. The van der Waals surface area contributed by atoms with Crippen LogP contribution >= 0.6 is 0 Å². The molecule has 1 heterocycles. The van der Waals surface area contributed by atoms with E-state index in [1.165, 1.54) is 4.68 Å². The molecule has 0 amide bonds. The Labute approximate surface area is 81.5 Å². The molecule has 70 valence electrons. The molecule has 0 aliphatic rings. The van der Waals surface area contributed by atoms with Crippen molar-refractivity contribution in [3.8, 4) is 6.19 Å². The molecule has 0 radical (unpaired) electrons. The zero-order valence-electron chi connectivity index (χ0n) is 7.86. The molecule has 0 atom stereocenters.